The van der Waals surface area contributed by atoms with Crippen molar-refractivity contribution >= 4 is 11.6 Å². The number of carbonyl (C=O) groups is 1. The van der Waals surface area contributed by atoms with Crippen LogP contribution in [0.15, 0.2) is 30.6 Å². The van der Waals surface area contributed by atoms with Crippen molar-refractivity contribution in [2.75, 3.05) is 13.1 Å². The molecule has 1 atom stereocenters. The molecule has 1 aliphatic rings. The molecule has 100 valence electrons. The molecule has 0 aliphatic carbocycles. The molecule has 0 spiro atoms. The fourth-order valence-electron chi connectivity index (χ4n) is 2.50. The lowest BCUT2D eigenvalue weighted by Gasteiger charge is -2.18. The van der Waals surface area contributed by atoms with Crippen molar-refractivity contribution in [1.29, 1.82) is 0 Å². The highest BCUT2D eigenvalue weighted by Gasteiger charge is 2.33. The number of hydrogen-bond donors (Lipinski definition) is 1. The van der Waals surface area contributed by atoms with Gasteiger partial charge in [0.05, 0.1) is 17.7 Å². The van der Waals surface area contributed by atoms with E-state index in [0.29, 0.717) is 19.5 Å². The minimum Gasteiger partial charge on any atom is -0.388 e. The van der Waals surface area contributed by atoms with E-state index in [2.05, 4.69) is 4.98 Å². The fourth-order valence-corrected chi connectivity index (χ4v) is 2.50. The predicted octanol–water partition coefficient (Wildman–Crippen LogP) is 0.860. The van der Waals surface area contributed by atoms with Gasteiger partial charge in [-0.1, -0.05) is 6.07 Å². The summed E-state index contributed by atoms with van der Waals surface area (Å²) in [5.41, 5.74) is 0.871. The van der Waals surface area contributed by atoms with Crippen molar-refractivity contribution in [3.05, 3.63) is 36.3 Å². The van der Waals surface area contributed by atoms with E-state index in [1.54, 1.807) is 11.8 Å². The van der Waals surface area contributed by atoms with Gasteiger partial charge in [-0.05, 0) is 25.5 Å². The van der Waals surface area contributed by atoms with E-state index >= 15 is 0 Å². The number of aliphatic hydroxyl groups is 1. The Kier molecular flexibility index (Phi) is 2.78. The number of fused-ring (bicyclic) bond motifs is 1. The van der Waals surface area contributed by atoms with E-state index in [4.69, 9.17) is 0 Å². The topological polar surface area (TPSA) is 57.8 Å². The number of likely N-dealkylation sites (tertiary alicyclic amines) is 1. The molecule has 2 aromatic heterocycles. The van der Waals surface area contributed by atoms with Gasteiger partial charge < -0.3 is 14.4 Å². The third kappa shape index (κ3) is 2.46. The Bertz CT molecular complexity index is 585. The van der Waals surface area contributed by atoms with E-state index in [9.17, 15) is 9.90 Å². The Hall–Kier alpha value is -1.88. The van der Waals surface area contributed by atoms with Crippen LogP contribution in [0.4, 0.5) is 0 Å². The van der Waals surface area contributed by atoms with Crippen molar-refractivity contribution in [2.45, 2.75) is 25.4 Å². The molecule has 1 aliphatic heterocycles. The molecule has 1 fully saturated rings. The van der Waals surface area contributed by atoms with Crippen molar-refractivity contribution in [2.24, 2.45) is 0 Å². The minimum absolute atomic E-state index is 0.0289. The van der Waals surface area contributed by atoms with Gasteiger partial charge >= 0.3 is 0 Å². The van der Waals surface area contributed by atoms with Gasteiger partial charge in [0.25, 0.3) is 0 Å². The van der Waals surface area contributed by atoms with Crippen LogP contribution in [0.2, 0.25) is 0 Å². The SMILES string of the molecule is CC1(O)CCN(C(=O)Cc2cn3ccccc3n2)C1. The lowest BCUT2D eigenvalue weighted by Crippen LogP contribution is -2.34. The lowest BCUT2D eigenvalue weighted by molar-refractivity contribution is -0.130. The predicted molar refractivity (Wildman–Crippen MR) is 70.7 cm³/mol. The van der Waals surface area contributed by atoms with Crippen molar-refractivity contribution in [3.63, 3.8) is 0 Å². The molecule has 5 nitrogen and oxygen atoms in total. The second-order valence-electron chi connectivity index (χ2n) is 5.44. The maximum atomic E-state index is 12.1. The summed E-state index contributed by atoms with van der Waals surface area (Å²) in [6.07, 6.45) is 4.72. The highest BCUT2D eigenvalue weighted by molar-refractivity contribution is 5.79. The number of imidazole rings is 1. The molecule has 5 heteroatoms. The van der Waals surface area contributed by atoms with Crippen molar-refractivity contribution in [1.82, 2.24) is 14.3 Å². The van der Waals surface area contributed by atoms with Crippen molar-refractivity contribution < 1.29 is 9.90 Å². The zero-order valence-corrected chi connectivity index (χ0v) is 10.9. The third-order valence-electron chi connectivity index (χ3n) is 3.55. The molecule has 3 rings (SSSR count). The summed E-state index contributed by atoms with van der Waals surface area (Å²) in [4.78, 5) is 18.3. The first-order valence-corrected chi connectivity index (χ1v) is 6.46. The van der Waals surface area contributed by atoms with Gasteiger partial charge in [-0.15, -0.1) is 0 Å². The normalized spacial score (nSPS) is 23.2. The molecule has 1 unspecified atom stereocenters. The number of aromatic nitrogens is 2. The Morgan fingerprint density at radius 2 is 2.37 bits per heavy atom. The molecule has 0 radical (unpaired) electrons. The molecule has 2 aromatic rings. The van der Waals surface area contributed by atoms with Gasteiger partial charge in [0.2, 0.25) is 5.91 Å². The Balaban J connectivity index is 1.73. The molecule has 0 saturated carbocycles. The minimum atomic E-state index is -0.741. The number of rotatable bonds is 2. The van der Waals surface area contributed by atoms with Crippen LogP contribution in [-0.4, -0.2) is 44.0 Å². The molecular formula is C14H17N3O2. The first-order chi connectivity index (χ1) is 9.03. The maximum absolute atomic E-state index is 12.1. The van der Waals surface area contributed by atoms with Gasteiger partial charge in [-0.3, -0.25) is 4.79 Å². The van der Waals surface area contributed by atoms with Crippen LogP contribution in [0, 0.1) is 0 Å². The monoisotopic (exact) mass is 259 g/mol. The van der Waals surface area contributed by atoms with E-state index in [-0.39, 0.29) is 12.3 Å². The quantitative estimate of drug-likeness (QED) is 0.870. The van der Waals surface area contributed by atoms with Crippen LogP contribution < -0.4 is 0 Å². The van der Waals surface area contributed by atoms with E-state index in [1.807, 2.05) is 35.0 Å². The standard InChI is InChI=1S/C14H17N3O2/c1-14(19)5-7-17(10-14)13(18)8-11-9-16-6-3-2-4-12(16)15-11/h2-4,6,9,19H,5,7-8,10H2,1H3. The summed E-state index contributed by atoms with van der Waals surface area (Å²) in [6.45, 7) is 2.81. The first kappa shape index (κ1) is 12.2. The van der Waals surface area contributed by atoms with Crippen LogP contribution >= 0.6 is 0 Å². The molecule has 3 heterocycles. The summed E-state index contributed by atoms with van der Waals surface area (Å²) < 4.78 is 1.91. The highest BCUT2D eigenvalue weighted by Crippen LogP contribution is 2.20. The summed E-state index contributed by atoms with van der Waals surface area (Å²) in [5, 5.41) is 9.88. The van der Waals surface area contributed by atoms with Gasteiger partial charge in [0, 0.05) is 25.5 Å². The smallest absolute Gasteiger partial charge is 0.228 e. The van der Waals surface area contributed by atoms with Crippen LogP contribution in [0.1, 0.15) is 19.0 Å². The fraction of sp³-hybridized carbons (Fsp3) is 0.429. The summed E-state index contributed by atoms with van der Waals surface area (Å²) in [7, 11) is 0. The average molecular weight is 259 g/mol. The molecule has 1 saturated heterocycles. The van der Waals surface area contributed by atoms with E-state index in [1.165, 1.54) is 0 Å². The zero-order chi connectivity index (χ0) is 13.5. The number of hydrogen-bond acceptors (Lipinski definition) is 3. The number of carbonyl (C=O) groups excluding carboxylic acids is 1. The second kappa shape index (κ2) is 4.35. The molecular weight excluding hydrogens is 242 g/mol. The van der Waals surface area contributed by atoms with Crippen LogP contribution in [-0.2, 0) is 11.2 Å². The molecule has 0 bridgehead atoms. The molecule has 1 N–H and O–H groups in total. The van der Waals surface area contributed by atoms with Gasteiger partial charge in [-0.2, -0.15) is 0 Å². The summed E-state index contributed by atoms with van der Waals surface area (Å²) in [6, 6.07) is 5.76. The average Bonchev–Trinajstić information content (AvgIpc) is 2.91. The molecule has 1 amide bonds. The van der Waals surface area contributed by atoms with Gasteiger partial charge in [0.1, 0.15) is 5.65 Å². The molecule has 0 aromatic carbocycles. The van der Waals surface area contributed by atoms with E-state index < -0.39 is 5.60 Å². The van der Waals surface area contributed by atoms with Crippen molar-refractivity contribution in [3.8, 4) is 0 Å². The third-order valence-corrected chi connectivity index (χ3v) is 3.55. The van der Waals surface area contributed by atoms with E-state index in [0.717, 1.165) is 11.3 Å². The lowest BCUT2D eigenvalue weighted by atomic mass is 10.1. The number of β-amino-alcohol motifs (C(OH)–C–C–N with tert-alkyl or cyclic N) is 1. The number of amides is 1. The Morgan fingerprint density at radius 1 is 1.53 bits per heavy atom. The first-order valence-electron chi connectivity index (χ1n) is 6.46. The Morgan fingerprint density at radius 3 is 3.05 bits per heavy atom. The number of nitrogens with zero attached hydrogens (tertiary/aromatic N) is 3. The van der Waals surface area contributed by atoms with Crippen LogP contribution in [0.5, 0.6) is 0 Å². The summed E-state index contributed by atoms with van der Waals surface area (Å²) >= 11 is 0. The van der Waals surface area contributed by atoms with Crippen LogP contribution in [0.25, 0.3) is 5.65 Å². The Labute approximate surface area is 111 Å². The van der Waals surface area contributed by atoms with Gasteiger partial charge in [0.15, 0.2) is 0 Å². The summed E-state index contributed by atoms with van der Waals surface area (Å²) in [5.74, 6) is 0.0289. The maximum Gasteiger partial charge on any atom is 0.228 e. The largest absolute Gasteiger partial charge is 0.388 e. The molecule has 19 heavy (non-hydrogen) atoms. The van der Waals surface area contributed by atoms with Gasteiger partial charge in [-0.25, -0.2) is 4.98 Å². The number of pyridine rings is 1. The van der Waals surface area contributed by atoms with Crippen LogP contribution in [0.3, 0.4) is 0 Å². The second-order valence-corrected chi connectivity index (χ2v) is 5.44. The highest BCUT2D eigenvalue weighted by atomic mass is 16.3. The zero-order valence-electron chi connectivity index (χ0n) is 10.9.